The molecule has 2 atom stereocenters. The molecular weight excluding hydrogens is 166 g/mol. The predicted octanol–water partition coefficient (Wildman–Crippen LogP) is 2.22. The zero-order chi connectivity index (χ0) is 8.55. The molecule has 1 unspecified atom stereocenters. The highest BCUT2D eigenvalue weighted by atomic mass is 32.2. The molecule has 64 valence electrons. The molecule has 2 N–H and O–H groups in total. The van der Waals surface area contributed by atoms with E-state index in [1.165, 1.54) is 10.5 Å². The zero-order valence-corrected chi connectivity index (χ0v) is 7.97. The van der Waals surface area contributed by atoms with Crippen LogP contribution in [0.1, 0.15) is 18.4 Å². The fraction of sp³-hybridized carbons (Fsp3) is 0.400. The van der Waals surface area contributed by atoms with E-state index in [4.69, 9.17) is 5.73 Å². The van der Waals surface area contributed by atoms with Gasteiger partial charge in [-0.05, 0) is 18.6 Å². The van der Waals surface area contributed by atoms with Gasteiger partial charge >= 0.3 is 0 Å². The lowest BCUT2D eigenvalue weighted by Crippen LogP contribution is -2.24. The maximum Gasteiger partial charge on any atom is 0.0108 e. The summed E-state index contributed by atoms with van der Waals surface area (Å²) >= 11 is 1.92. The van der Waals surface area contributed by atoms with E-state index in [1.54, 1.807) is 0 Å². The van der Waals surface area contributed by atoms with Crippen LogP contribution in [-0.4, -0.2) is 11.8 Å². The van der Waals surface area contributed by atoms with Crippen molar-refractivity contribution in [3.05, 3.63) is 29.8 Å². The van der Waals surface area contributed by atoms with Crippen molar-refractivity contribution in [1.82, 2.24) is 0 Å². The monoisotopic (exact) mass is 179 g/mol. The Morgan fingerprint density at radius 1 is 1.50 bits per heavy atom. The van der Waals surface area contributed by atoms with Gasteiger partial charge in [-0.15, -0.1) is 11.8 Å². The van der Waals surface area contributed by atoms with Gasteiger partial charge in [-0.25, -0.2) is 0 Å². The van der Waals surface area contributed by atoms with Crippen molar-refractivity contribution in [1.29, 1.82) is 0 Å². The molecule has 0 amide bonds. The summed E-state index contributed by atoms with van der Waals surface area (Å²) in [5, 5.41) is 0. The van der Waals surface area contributed by atoms with Crippen molar-refractivity contribution in [2.24, 2.45) is 5.73 Å². The Balaban J connectivity index is 2.36. The summed E-state index contributed by atoms with van der Waals surface area (Å²) in [4.78, 5) is 1.42. The number of hydrogen-bond donors (Lipinski definition) is 1. The standard InChI is InChI=1S/C10H13NS/c1-7(11)9-6-12-10-5-3-2-4-8(9)10/h2-5,7,9H,6,11H2,1H3/t7-,9?/m1/s1. The highest BCUT2D eigenvalue weighted by Crippen LogP contribution is 2.40. The van der Waals surface area contributed by atoms with Crippen molar-refractivity contribution >= 4 is 11.8 Å². The highest BCUT2D eigenvalue weighted by Gasteiger charge is 2.25. The Kier molecular flexibility index (Phi) is 2.11. The molecule has 0 spiro atoms. The Labute approximate surface area is 77.3 Å². The molecule has 1 aromatic carbocycles. The molecule has 0 fully saturated rings. The number of nitrogens with two attached hydrogens (primary N) is 1. The van der Waals surface area contributed by atoms with Gasteiger partial charge in [0.2, 0.25) is 0 Å². The number of rotatable bonds is 1. The van der Waals surface area contributed by atoms with Crippen LogP contribution in [0.5, 0.6) is 0 Å². The van der Waals surface area contributed by atoms with Gasteiger partial charge in [-0.3, -0.25) is 0 Å². The number of hydrogen-bond acceptors (Lipinski definition) is 2. The summed E-state index contributed by atoms with van der Waals surface area (Å²) in [5.41, 5.74) is 7.34. The lowest BCUT2D eigenvalue weighted by Gasteiger charge is -2.14. The van der Waals surface area contributed by atoms with E-state index in [2.05, 4.69) is 31.2 Å². The Morgan fingerprint density at radius 2 is 2.25 bits per heavy atom. The fourth-order valence-electron chi connectivity index (χ4n) is 1.62. The molecule has 1 nitrogen and oxygen atoms in total. The van der Waals surface area contributed by atoms with E-state index in [9.17, 15) is 0 Å². The molecule has 0 saturated heterocycles. The molecular formula is C10H13NS. The first kappa shape index (κ1) is 8.14. The van der Waals surface area contributed by atoms with Crippen LogP contribution in [0.15, 0.2) is 29.2 Å². The number of benzene rings is 1. The molecule has 1 aliphatic rings. The smallest absolute Gasteiger partial charge is 0.0108 e. The molecule has 0 radical (unpaired) electrons. The van der Waals surface area contributed by atoms with Gasteiger partial charge in [0.15, 0.2) is 0 Å². The van der Waals surface area contributed by atoms with Crippen molar-refractivity contribution in [3.63, 3.8) is 0 Å². The molecule has 2 rings (SSSR count). The van der Waals surface area contributed by atoms with E-state index >= 15 is 0 Å². The summed E-state index contributed by atoms with van der Waals surface area (Å²) in [6, 6.07) is 8.85. The van der Waals surface area contributed by atoms with Crippen LogP contribution in [0.4, 0.5) is 0 Å². The third-order valence-electron chi connectivity index (χ3n) is 2.37. The van der Waals surface area contributed by atoms with Crippen LogP contribution in [0.3, 0.4) is 0 Å². The minimum atomic E-state index is 0.279. The average Bonchev–Trinajstić information content (AvgIpc) is 2.47. The summed E-state index contributed by atoms with van der Waals surface area (Å²) < 4.78 is 0. The van der Waals surface area contributed by atoms with Crippen molar-refractivity contribution in [2.45, 2.75) is 23.8 Å². The van der Waals surface area contributed by atoms with Gasteiger partial charge in [-0.1, -0.05) is 18.2 Å². The SMILES string of the molecule is C[C@@H](N)C1CSc2ccccc21. The predicted molar refractivity (Wildman–Crippen MR) is 53.6 cm³/mol. The summed E-state index contributed by atoms with van der Waals surface area (Å²) in [6.45, 7) is 2.09. The molecule has 0 aromatic heterocycles. The second-order valence-electron chi connectivity index (χ2n) is 3.31. The minimum absolute atomic E-state index is 0.279. The van der Waals surface area contributed by atoms with Gasteiger partial charge < -0.3 is 5.73 Å². The second kappa shape index (κ2) is 3.11. The van der Waals surface area contributed by atoms with Crippen molar-refractivity contribution < 1.29 is 0 Å². The summed E-state index contributed by atoms with van der Waals surface area (Å²) in [6.07, 6.45) is 0. The molecule has 1 aromatic rings. The Hall–Kier alpha value is -0.470. The van der Waals surface area contributed by atoms with Crippen LogP contribution in [0, 0.1) is 0 Å². The molecule has 1 heterocycles. The van der Waals surface area contributed by atoms with Gasteiger partial charge in [0, 0.05) is 22.6 Å². The summed E-state index contributed by atoms with van der Waals surface area (Å²) in [7, 11) is 0. The Bertz CT molecular complexity index is 283. The first-order valence-electron chi connectivity index (χ1n) is 4.26. The van der Waals surface area contributed by atoms with E-state index in [0.717, 1.165) is 5.75 Å². The van der Waals surface area contributed by atoms with E-state index in [-0.39, 0.29) is 6.04 Å². The molecule has 0 bridgehead atoms. The number of fused-ring (bicyclic) bond motifs is 1. The van der Waals surface area contributed by atoms with Crippen LogP contribution < -0.4 is 5.73 Å². The second-order valence-corrected chi connectivity index (χ2v) is 4.38. The molecule has 1 aliphatic heterocycles. The Morgan fingerprint density at radius 3 is 3.00 bits per heavy atom. The largest absolute Gasteiger partial charge is 0.327 e. The van der Waals surface area contributed by atoms with Crippen LogP contribution in [0.2, 0.25) is 0 Å². The topological polar surface area (TPSA) is 26.0 Å². The quantitative estimate of drug-likeness (QED) is 0.715. The van der Waals surface area contributed by atoms with Crippen molar-refractivity contribution in [3.8, 4) is 0 Å². The van der Waals surface area contributed by atoms with Crippen molar-refractivity contribution in [2.75, 3.05) is 5.75 Å². The first-order valence-corrected chi connectivity index (χ1v) is 5.25. The lowest BCUT2D eigenvalue weighted by molar-refractivity contribution is 0.622. The van der Waals surface area contributed by atoms with Gasteiger partial charge in [0.05, 0.1) is 0 Å². The fourth-order valence-corrected chi connectivity index (χ4v) is 3.03. The minimum Gasteiger partial charge on any atom is -0.327 e. The van der Waals surface area contributed by atoms with Crippen LogP contribution in [0.25, 0.3) is 0 Å². The maximum absolute atomic E-state index is 5.90. The van der Waals surface area contributed by atoms with Gasteiger partial charge in [0.25, 0.3) is 0 Å². The third kappa shape index (κ3) is 1.25. The first-order chi connectivity index (χ1) is 5.79. The highest BCUT2D eigenvalue weighted by molar-refractivity contribution is 7.99. The van der Waals surface area contributed by atoms with Gasteiger partial charge in [0.1, 0.15) is 0 Å². The van der Waals surface area contributed by atoms with Gasteiger partial charge in [-0.2, -0.15) is 0 Å². The molecule has 2 heteroatoms. The van der Waals surface area contributed by atoms with Crippen LogP contribution >= 0.6 is 11.8 Å². The summed E-state index contributed by atoms with van der Waals surface area (Å²) in [5.74, 6) is 1.71. The maximum atomic E-state index is 5.90. The molecule has 12 heavy (non-hydrogen) atoms. The van der Waals surface area contributed by atoms with E-state index in [1.807, 2.05) is 11.8 Å². The normalized spacial score (nSPS) is 23.7. The average molecular weight is 179 g/mol. The zero-order valence-electron chi connectivity index (χ0n) is 7.16. The lowest BCUT2D eigenvalue weighted by atomic mass is 9.95. The number of thioether (sulfide) groups is 1. The van der Waals surface area contributed by atoms with Crippen LogP contribution in [-0.2, 0) is 0 Å². The molecule has 0 saturated carbocycles. The third-order valence-corrected chi connectivity index (χ3v) is 3.58. The van der Waals surface area contributed by atoms with E-state index in [0.29, 0.717) is 5.92 Å². The van der Waals surface area contributed by atoms with E-state index < -0.39 is 0 Å². The molecule has 0 aliphatic carbocycles.